The maximum absolute atomic E-state index is 12.9. The summed E-state index contributed by atoms with van der Waals surface area (Å²) in [6.07, 6.45) is -2.29. The van der Waals surface area contributed by atoms with Crippen LogP contribution in [-0.2, 0) is 20.5 Å². The lowest BCUT2D eigenvalue weighted by molar-refractivity contribution is -0.529. The van der Waals surface area contributed by atoms with E-state index in [-0.39, 0.29) is 29.3 Å². The van der Waals surface area contributed by atoms with Gasteiger partial charge in [-0.05, 0) is 32.0 Å². The summed E-state index contributed by atoms with van der Waals surface area (Å²) in [5, 5.41) is 21.3. The van der Waals surface area contributed by atoms with Crippen LogP contribution in [0.4, 0.5) is 13.2 Å². The Morgan fingerprint density at radius 1 is 1.45 bits per heavy atom. The van der Waals surface area contributed by atoms with Crippen LogP contribution in [0.25, 0.3) is 0 Å². The fraction of sp³-hybridized carbons (Fsp3) is 0.333. The first kappa shape index (κ1) is 26.1. The minimum absolute atomic E-state index is 0.0748. The Hall–Kier alpha value is -3.18. The van der Waals surface area contributed by atoms with Crippen LogP contribution in [0, 0.1) is 16.0 Å². The van der Waals surface area contributed by atoms with Crippen LogP contribution in [0.2, 0.25) is 5.02 Å². The Morgan fingerprint density at radius 2 is 2.09 bits per heavy atom. The number of aldehydes is 1. The van der Waals surface area contributed by atoms with Crippen molar-refractivity contribution < 1.29 is 42.3 Å². The standard InChI is InChI=1S/C21H19ClF3NO7/c1-4-12(10-27)17-11(3)18(26(30)31)20(19(28)29,32-5-2)9-16(17)33-15-7-6-13(8-14(15)22)21(23,24)25/h4,6-10,12,18H,1,5H2,2-3H3,(H,28,29). The van der Waals surface area contributed by atoms with Gasteiger partial charge in [0.05, 0.1) is 16.5 Å². The van der Waals surface area contributed by atoms with Crippen LogP contribution in [0.15, 0.2) is 53.8 Å². The number of nitro groups is 1. The van der Waals surface area contributed by atoms with Gasteiger partial charge in [-0.1, -0.05) is 17.7 Å². The number of hydrogen-bond donors (Lipinski definition) is 1. The highest BCUT2D eigenvalue weighted by molar-refractivity contribution is 6.32. The lowest BCUT2D eigenvalue weighted by Crippen LogP contribution is -2.56. The van der Waals surface area contributed by atoms with Crippen molar-refractivity contribution >= 4 is 23.9 Å². The fourth-order valence-electron chi connectivity index (χ4n) is 3.56. The van der Waals surface area contributed by atoms with Gasteiger partial charge >= 0.3 is 12.1 Å². The van der Waals surface area contributed by atoms with Gasteiger partial charge in [0, 0.05) is 28.8 Å². The second-order valence-corrected chi connectivity index (χ2v) is 7.37. The number of alkyl halides is 3. The quantitative estimate of drug-likeness (QED) is 0.235. The number of hydrogen-bond acceptors (Lipinski definition) is 6. The van der Waals surface area contributed by atoms with Gasteiger partial charge < -0.3 is 19.4 Å². The number of halogens is 4. The molecule has 0 saturated carbocycles. The Bertz CT molecular complexity index is 1040. The van der Waals surface area contributed by atoms with E-state index in [0.29, 0.717) is 18.4 Å². The largest absolute Gasteiger partial charge is 0.479 e. The van der Waals surface area contributed by atoms with Gasteiger partial charge in [-0.25, -0.2) is 4.79 Å². The van der Waals surface area contributed by atoms with Crippen molar-refractivity contribution in [3.63, 3.8) is 0 Å². The third-order valence-electron chi connectivity index (χ3n) is 4.99. The maximum atomic E-state index is 12.9. The third kappa shape index (κ3) is 4.93. The predicted octanol–water partition coefficient (Wildman–Crippen LogP) is 4.46. The predicted molar refractivity (Wildman–Crippen MR) is 110 cm³/mol. The molecule has 3 atom stereocenters. The molecule has 1 aliphatic carbocycles. The Morgan fingerprint density at radius 3 is 2.52 bits per heavy atom. The summed E-state index contributed by atoms with van der Waals surface area (Å²) in [5.74, 6) is -3.50. The van der Waals surface area contributed by atoms with E-state index in [0.717, 1.165) is 18.2 Å². The van der Waals surface area contributed by atoms with Crippen molar-refractivity contribution in [2.24, 2.45) is 5.92 Å². The van der Waals surface area contributed by atoms with Crippen molar-refractivity contribution in [1.29, 1.82) is 0 Å². The van der Waals surface area contributed by atoms with E-state index >= 15 is 0 Å². The molecule has 0 fully saturated rings. The van der Waals surface area contributed by atoms with Crippen LogP contribution in [0.5, 0.6) is 5.75 Å². The highest BCUT2D eigenvalue weighted by Gasteiger charge is 2.58. The van der Waals surface area contributed by atoms with Gasteiger partial charge in [-0.15, -0.1) is 6.58 Å². The van der Waals surface area contributed by atoms with E-state index in [1.165, 1.54) is 13.8 Å². The second kappa shape index (κ2) is 9.75. The van der Waals surface area contributed by atoms with Gasteiger partial charge in [0.25, 0.3) is 11.6 Å². The molecule has 0 aliphatic heterocycles. The molecular formula is C21H19ClF3NO7. The van der Waals surface area contributed by atoms with Crippen LogP contribution < -0.4 is 4.74 Å². The number of nitrogens with zero attached hydrogens (tertiary/aromatic N) is 1. The molecule has 2 rings (SSSR count). The van der Waals surface area contributed by atoms with E-state index in [4.69, 9.17) is 21.1 Å². The molecule has 1 N–H and O–H groups in total. The number of rotatable bonds is 9. The van der Waals surface area contributed by atoms with Crippen molar-refractivity contribution in [3.8, 4) is 5.75 Å². The Labute approximate surface area is 191 Å². The molecule has 0 heterocycles. The zero-order chi connectivity index (χ0) is 25.1. The van der Waals surface area contributed by atoms with E-state index in [1.807, 2.05) is 0 Å². The average molecular weight is 490 g/mol. The number of carbonyl (C=O) groups is 2. The number of carboxylic acids is 1. The summed E-state index contributed by atoms with van der Waals surface area (Å²) in [6, 6.07) is 0.278. The summed E-state index contributed by atoms with van der Waals surface area (Å²) in [7, 11) is 0. The first-order valence-corrected chi connectivity index (χ1v) is 9.79. The van der Waals surface area contributed by atoms with Crippen molar-refractivity contribution in [2.75, 3.05) is 6.61 Å². The molecule has 1 aromatic rings. The fourth-order valence-corrected chi connectivity index (χ4v) is 3.78. The van der Waals surface area contributed by atoms with Crippen LogP contribution in [-0.4, -0.2) is 40.5 Å². The lowest BCUT2D eigenvalue weighted by Gasteiger charge is -2.35. The van der Waals surface area contributed by atoms with Gasteiger partial charge in [-0.2, -0.15) is 13.2 Å². The average Bonchev–Trinajstić information content (AvgIpc) is 2.71. The molecule has 1 aromatic carbocycles. The van der Waals surface area contributed by atoms with Gasteiger partial charge in [-0.3, -0.25) is 10.1 Å². The maximum Gasteiger partial charge on any atom is 0.416 e. The topological polar surface area (TPSA) is 116 Å². The number of carbonyl (C=O) groups excluding carboxylic acids is 1. The molecule has 0 aromatic heterocycles. The molecule has 12 heteroatoms. The summed E-state index contributed by atoms with van der Waals surface area (Å²) in [5.41, 5.74) is -3.81. The zero-order valence-electron chi connectivity index (χ0n) is 17.4. The van der Waals surface area contributed by atoms with Gasteiger partial charge in [0.1, 0.15) is 17.8 Å². The molecule has 8 nitrogen and oxygen atoms in total. The zero-order valence-corrected chi connectivity index (χ0v) is 18.1. The monoisotopic (exact) mass is 489 g/mol. The summed E-state index contributed by atoms with van der Waals surface area (Å²) in [6.45, 7) is 5.93. The highest BCUT2D eigenvalue weighted by atomic mass is 35.5. The molecule has 0 amide bonds. The van der Waals surface area contributed by atoms with E-state index in [1.54, 1.807) is 0 Å². The lowest BCUT2D eigenvalue weighted by atomic mass is 9.77. The van der Waals surface area contributed by atoms with E-state index in [2.05, 4.69) is 6.58 Å². The normalized spacial score (nSPS) is 21.8. The van der Waals surface area contributed by atoms with E-state index in [9.17, 15) is 38.0 Å². The number of ether oxygens (including phenoxy) is 2. The molecule has 1 aliphatic rings. The molecule has 33 heavy (non-hydrogen) atoms. The molecule has 0 spiro atoms. The van der Waals surface area contributed by atoms with Crippen molar-refractivity contribution in [2.45, 2.75) is 31.7 Å². The molecule has 0 bridgehead atoms. The second-order valence-electron chi connectivity index (χ2n) is 6.97. The SMILES string of the molecule is C=CC(C=O)C1=C(C)C([N+](=O)[O-])C(OCC)(C(=O)O)C=C1Oc1ccc(C(F)(F)F)cc1Cl. The molecule has 0 saturated heterocycles. The summed E-state index contributed by atoms with van der Waals surface area (Å²) >= 11 is 5.95. The first-order valence-electron chi connectivity index (χ1n) is 9.41. The van der Waals surface area contributed by atoms with Gasteiger partial charge in [0.2, 0.25) is 0 Å². The number of aliphatic carboxylic acids is 1. The smallest absolute Gasteiger partial charge is 0.416 e. The molecule has 0 radical (unpaired) electrons. The number of carboxylic acid groups (broad SMARTS) is 1. The Kier molecular flexibility index (Phi) is 7.71. The van der Waals surface area contributed by atoms with Crippen LogP contribution >= 0.6 is 11.6 Å². The summed E-state index contributed by atoms with van der Waals surface area (Å²) in [4.78, 5) is 34.8. The van der Waals surface area contributed by atoms with Crippen molar-refractivity contribution in [3.05, 3.63) is 74.5 Å². The number of benzene rings is 1. The molecule has 178 valence electrons. The van der Waals surface area contributed by atoms with E-state index < -0.39 is 45.2 Å². The molecular weight excluding hydrogens is 471 g/mol. The Balaban J connectivity index is 2.77. The molecule has 3 unspecified atom stereocenters. The minimum atomic E-state index is -4.67. The first-order chi connectivity index (χ1) is 15.3. The third-order valence-corrected chi connectivity index (χ3v) is 5.29. The van der Waals surface area contributed by atoms with Crippen LogP contribution in [0.1, 0.15) is 19.4 Å². The minimum Gasteiger partial charge on any atom is -0.479 e. The number of allylic oxidation sites excluding steroid dienone is 2. The summed E-state index contributed by atoms with van der Waals surface area (Å²) < 4.78 is 49.8. The van der Waals surface area contributed by atoms with Gasteiger partial charge in [0.15, 0.2) is 0 Å². The van der Waals surface area contributed by atoms with Crippen molar-refractivity contribution in [1.82, 2.24) is 0 Å². The van der Waals surface area contributed by atoms with Crippen LogP contribution in [0.3, 0.4) is 0 Å². The highest BCUT2D eigenvalue weighted by Crippen LogP contribution is 2.42.